The molecule has 0 amide bonds. The van der Waals surface area contributed by atoms with Crippen LogP contribution in [0.1, 0.15) is 18.1 Å². The number of aliphatic hydroxyl groups is 1. The summed E-state index contributed by atoms with van der Waals surface area (Å²) in [5.41, 5.74) is 7.35. The monoisotopic (exact) mass is 272 g/mol. The number of hydrogen-bond donors (Lipinski definition) is 3. The molecule has 0 radical (unpaired) electrons. The normalized spacial score (nSPS) is 15.4. The molecule has 0 heterocycles. The average Bonchev–Trinajstić information content (AvgIpc) is 2.24. The van der Waals surface area contributed by atoms with Crippen LogP contribution in [0.5, 0.6) is 0 Å². The van der Waals surface area contributed by atoms with E-state index in [0.717, 1.165) is 11.1 Å². The Balaban J connectivity index is 2.86. The Morgan fingerprint density at radius 3 is 2.22 bits per heavy atom. The number of rotatable bonds is 5. The highest BCUT2D eigenvalue weighted by Gasteiger charge is 2.17. The zero-order chi connectivity index (χ0) is 13.9. The molecule has 0 saturated heterocycles. The molecule has 1 rings (SSSR count). The molecule has 0 aliphatic rings. The fraction of sp³-hybridized carbons (Fsp3) is 0.500. The van der Waals surface area contributed by atoms with Crippen molar-refractivity contribution in [3.63, 3.8) is 0 Å². The Morgan fingerprint density at radius 1 is 1.28 bits per heavy atom. The quantitative estimate of drug-likeness (QED) is 0.718. The van der Waals surface area contributed by atoms with E-state index in [1.807, 2.05) is 19.9 Å². The molecule has 1 aromatic carbocycles. The predicted octanol–water partition coefficient (Wildman–Crippen LogP) is 0.290. The second kappa shape index (κ2) is 5.79. The van der Waals surface area contributed by atoms with Crippen LogP contribution in [0.2, 0.25) is 0 Å². The molecule has 5 nitrogen and oxygen atoms in total. The van der Waals surface area contributed by atoms with Gasteiger partial charge in [-0.3, -0.25) is 0 Å². The fourth-order valence-corrected chi connectivity index (χ4v) is 2.81. The van der Waals surface area contributed by atoms with Gasteiger partial charge in [0.2, 0.25) is 10.0 Å². The van der Waals surface area contributed by atoms with Crippen LogP contribution >= 0.6 is 0 Å². The molecule has 0 aliphatic heterocycles. The molecule has 102 valence electrons. The van der Waals surface area contributed by atoms with E-state index in [1.165, 1.54) is 6.92 Å². The van der Waals surface area contributed by atoms with Gasteiger partial charge < -0.3 is 10.8 Å². The topological polar surface area (TPSA) is 92.4 Å². The predicted molar refractivity (Wildman–Crippen MR) is 70.8 cm³/mol. The summed E-state index contributed by atoms with van der Waals surface area (Å²) in [6.45, 7) is 5.21. The zero-order valence-corrected chi connectivity index (χ0v) is 11.7. The second-order valence-electron chi connectivity index (χ2n) is 4.58. The van der Waals surface area contributed by atoms with Gasteiger partial charge in [0.1, 0.15) is 0 Å². The standard InChI is InChI=1S/C12H20N2O3S/c1-8-4-9(2)6-11(5-8)18(16,17)14-7-12(13)10(3)15/h4-6,10,12,14-15H,7,13H2,1-3H3. The third-order valence-corrected chi connectivity index (χ3v) is 4.04. The summed E-state index contributed by atoms with van der Waals surface area (Å²) in [6.07, 6.45) is -0.757. The largest absolute Gasteiger partial charge is 0.392 e. The maximum Gasteiger partial charge on any atom is 0.240 e. The van der Waals surface area contributed by atoms with Crippen LogP contribution in [0.15, 0.2) is 23.1 Å². The highest BCUT2D eigenvalue weighted by atomic mass is 32.2. The Bertz CT molecular complexity index is 492. The summed E-state index contributed by atoms with van der Waals surface area (Å²) >= 11 is 0. The number of aryl methyl sites for hydroxylation is 2. The molecule has 4 N–H and O–H groups in total. The Kier molecular flexibility index (Phi) is 4.86. The first-order valence-electron chi connectivity index (χ1n) is 5.74. The minimum absolute atomic E-state index is 0.00693. The van der Waals surface area contributed by atoms with Crippen molar-refractivity contribution in [1.82, 2.24) is 4.72 Å². The van der Waals surface area contributed by atoms with Gasteiger partial charge >= 0.3 is 0 Å². The molecular formula is C12H20N2O3S. The Hall–Kier alpha value is -0.950. The van der Waals surface area contributed by atoms with Crippen molar-refractivity contribution in [3.05, 3.63) is 29.3 Å². The Morgan fingerprint density at radius 2 is 1.78 bits per heavy atom. The lowest BCUT2D eigenvalue weighted by Gasteiger charge is -2.15. The minimum atomic E-state index is -3.57. The van der Waals surface area contributed by atoms with Crippen LogP contribution in [0.3, 0.4) is 0 Å². The van der Waals surface area contributed by atoms with Crippen LogP contribution in [-0.4, -0.2) is 32.2 Å². The minimum Gasteiger partial charge on any atom is -0.392 e. The molecule has 2 unspecified atom stereocenters. The lowest BCUT2D eigenvalue weighted by molar-refractivity contribution is 0.164. The zero-order valence-electron chi connectivity index (χ0n) is 10.8. The highest BCUT2D eigenvalue weighted by Crippen LogP contribution is 2.14. The number of sulfonamides is 1. The van der Waals surface area contributed by atoms with Gasteiger partial charge in [-0.15, -0.1) is 0 Å². The van der Waals surface area contributed by atoms with Crippen molar-refractivity contribution in [3.8, 4) is 0 Å². The van der Waals surface area contributed by atoms with E-state index in [2.05, 4.69) is 4.72 Å². The first-order chi connectivity index (χ1) is 8.22. The average molecular weight is 272 g/mol. The highest BCUT2D eigenvalue weighted by molar-refractivity contribution is 7.89. The SMILES string of the molecule is Cc1cc(C)cc(S(=O)(=O)NCC(N)C(C)O)c1. The summed E-state index contributed by atoms with van der Waals surface area (Å²) < 4.78 is 26.4. The van der Waals surface area contributed by atoms with E-state index >= 15 is 0 Å². The number of nitrogens with one attached hydrogen (secondary N) is 1. The van der Waals surface area contributed by atoms with Crippen molar-refractivity contribution >= 4 is 10.0 Å². The summed E-state index contributed by atoms with van der Waals surface area (Å²) in [5, 5.41) is 9.22. The molecule has 0 spiro atoms. The van der Waals surface area contributed by atoms with Crippen molar-refractivity contribution in [2.75, 3.05) is 6.54 Å². The van der Waals surface area contributed by atoms with Crippen LogP contribution in [-0.2, 0) is 10.0 Å². The molecule has 0 aliphatic carbocycles. The lowest BCUT2D eigenvalue weighted by atomic mass is 10.2. The summed E-state index contributed by atoms with van der Waals surface area (Å²) in [7, 11) is -3.57. The summed E-state index contributed by atoms with van der Waals surface area (Å²) in [4.78, 5) is 0.220. The molecular weight excluding hydrogens is 252 g/mol. The van der Waals surface area contributed by atoms with Gasteiger partial charge in [-0.05, 0) is 44.0 Å². The lowest BCUT2D eigenvalue weighted by Crippen LogP contribution is -2.43. The van der Waals surface area contributed by atoms with Crippen LogP contribution < -0.4 is 10.5 Å². The van der Waals surface area contributed by atoms with Crippen molar-refractivity contribution in [2.24, 2.45) is 5.73 Å². The molecule has 0 bridgehead atoms. The fourth-order valence-electron chi connectivity index (χ4n) is 1.55. The maximum absolute atomic E-state index is 12.0. The third-order valence-electron chi connectivity index (χ3n) is 2.63. The first kappa shape index (κ1) is 15.1. The summed E-state index contributed by atoms with van der Waals surface area (Å²) in [5.74, 6) is 0. The van der Waals surface area contributed by atoms with Gasteiger partial charge in [0, 0.05) is 12.6 Å². The van der Waals surface area contributed by atoms with Crippen molar-refractivity contribution in [2.45, 2.75) is 37.8 Å². The van der Waals surface area contributed by atoms with E-state index in [1.54, 1.807) is 12.1 Å². The van der Waals surface area contributed by atoms with Gasteiger partial charge in [-0.2, -0.15) is 0 Å². The van der Waals surface area contributed by atoms with E-state index in [4.69, 9.17) is 5.73 Å². The van der Waals surface area contributed by atoms with E-state index in [0.29, 0.717) is 0 Å². The van der Waals surface area contributed by atoms with Gasteiger partial charge in [-0.25, -0.2) is 13.1 Å². The molecule has 0 fully saturated rings. The number of hydrogen-bond acceptors (Lipinski definition) is 4. The van der Waals surface area contributed by atoms with Crippen molar-refractivity contribution < 1.29 is 13.5 Å². The van der Waals surface area contributed by atoms with Crippen LogP contribution in [0.4, 0.5) is 0 Å². The molecule has 18 heavy (non-hydrogen) atoms. The molecule has 1 aromatic rings. The Labute approximate surface area is 108 Å². The van der Waals surface area contributed by atoms with E-state index in [-0.39, 0.29) is 11.4 Å². The van der Waals surface area contributed by atoms with Crippen molar-refractivity contribution in [1.29, 1.82) is 0 Å². The van der Waals surface area contributed by atoms with Gasteiger partial charge in [0.05, 0.1) is 11.0 Å². The number of benzene rings is 1. The number of aliphatic hydroxyl groups excluding tert-OH is 1. The molecule has 2 atom stereocenters. The molecule has 0 saturated carbocycles. The van der Waals surface area contributed by atoms with E-state index < -0.39 is 22.2 Å². The van der Waals surface area contributed by atoms with Crippen LogP contribution in [0, 0.1) is 13.8 Å². The first-order valence-corrected chi connectivity index (χ1v) is 7.22. The summed E-state index contributed by atoms with van der Waals surface area (Å²) in [6, 6.07) is 4.48. The van der Waals surface area contributed by atoms with Gasteiger partial charge in [0.15, 0.2) is 0 Å². The molecule has 6 heteroatoms. The second-order valence-corrected chi connectivity index (χ2v) is 6.35. The van der Waals surface area contributed by atoms with Crippen LogP contribution in [0.25, 0.3) is 0 Å². The van der Waals surface area contributed by atoms with E-state index in [9.17, 15) is 13.5 Å². The smallest absolute Gasteiger partial charge is 0.240 e. The van der Waals surface area contributed by atoms with Gasteiger partial charge in [0.25, 0.3) is 0 Å². The number of nitrogens with two attached hydrogens (primary N) is 1. The molecule has 0 aromatic heterocycles. The third kappa shape index (κ3) is 4.06. The van der Waals surface area contributed by atoms with Gasteiger partial charge in [-0.1, -0.05) is 6.07 Å². The maximum atomic E-state index is 12.0.